The summed E-state index contributed by atoms with van der Waals surface area (Å²) in [5.74, 6) is 1.49. The first-order valence-corrected chi connectivity index (χ1v) is 10.1. The third-order valence-electron chi connectivity index (χ3n) is 5.67. The van der Waals surface area contributed by atoms with Gasteiger partial charge in [-0.1, -0.05) is 29.8 Å². The molecule has 6 nitrogen and oxygen atoms in total. The van der Waals surface area contributed by atoms with E-state index in [9.17, 15) is 4.79 Å². The molecule has 1 aliphatic carbocycles. The Hall–Kier alpha value is -2.47. The Morgan fingerprint density at radius 3 is 2.43 bits per heavy atom. The molecule has 6 heteroatoms. The lowest BCUT2D eigenvalue weighted by Gasteiger charge is -2.20. The van der Waals surface area contributed by atoms with Crippen LogP contribution < -0.4 is 10.2 Å². The summed E-state index contributed by atoms with van der Waals surface area (Å²) in [4.78, 5) is 25.6. The van der Waals surface area contributed by atoms with Gasteiger partial charge in [-0.25, -0.2) is 9.97 Å². The number of carbonyl (C=O) groups excluding carboxylic acids is 1. The lowest BCUT2D eigenvalue weighted by atomic mass is 9.93. The van der Waals surface area contributed by atoms with Crippen LogP contribution in [0, 0.1) is 12.8 Å². The molecule has 0 spiro atoms. The van der Waals surface area contributed by atoms with Crippen LogP contribution in [0.3, 0.4) is 0 Å². The van der Waals surface area contributed by atoms with Crippen molar-refractivity contribution in [2.45, 2.75) is 38.3 Å². The first-order valence-electron chi connectivity index (χ1n) is 10.1. The van der Waals surface area contributed by atoms with Gasteiger partial charge in [-0.05, 0) is 25.3 Å². The number of nitrogens with zero attached hydrogens (tertiary/aromatic N) is 4. The first kappa shape index (κ1) is 18.9. The van der Waals surface area contributed by atoms with Crippen LogP contribution in [-0.4, -0.2) is 54.0 Å². The van der Waals surface area contributed by atoms with Crippen molar-refractivity contribution in [3.05, 3.63) is 53.3 Å². The van der Waals surface area contributed by atoms with E-state index < -0.39 is 0 Å². The number of hydrogen-bond acceptors (Lipinski definition) is 5. The van der Waals surface area contributed by atoms with Crippen LogP contribution in [0.25, 0.3) is 0 Å². The van der Waals surface area contributed by atoms with Gasteiger partial charge in [0.05, 0.1) is 0 Å². The Bertz CT molecular complexity index is 814. The molecule has 1 saturated carbocycles. The summed E-state index contributed by atoms with van der Waals surface area (Å²) in [5.41, 5.74) is 3.66. The van der Waals surface area contributed by atoms with Crippen LogP contribution in [-0.2, 0) is 11.3 Å². The van der Waals surface area contributed by atoms with Crippen molar-refractivity contribution < 1.29 is 4.79 Å². The zero-order valence-corrected chi connectivity index (χ0v) is 16.9. The van der Waals surface area contributed by atoms with Crippen molar-refractivity contribution in [1.29, 1.82) is 0 Å². The highest BCUT2D eigenvalue weighted by Gasteiger charge is 2.38. The minimum Gasteiger partial charge on any atom is -0.351 e. The topological polar surface area (TPSA) is 61.4 Å². The van der Waals surface area contributed by atoms with Gasteiger partial charge in [-0.2, -0.15) is 0 Å². The second-order valence-electron chi connectivity index (χ2n) is 8.39. The van der Waals surface area contributed by atoms with Crippen LogP contribution >= 0.6 is 0 Å². The zero-order chi connectivity index (χ0) is 19.7. The number of likely N-dealkylation sites (tertiary alicyclic amines) is 1. The largest absolute Gasteiger partial charge is 0.351 e. The smallest absolute Gasteiger partial charge is 0.224 e. The van der Waals surface area contributed by atoms with Gasteiger partial charge in [0, 0.05) is 69.6 Å². The first-order chi connectivity index (χ1) is 13.5. The van der Waals surface area contributed by atoms with E-state index in [1.165, 1.54) is 11.1 Å². The van der Waals surface area contributed by atoms with Crippen LogP contribution in [0.5, 0.6) is 0 Å². The summed E-state index contributed by atoms with van der Waals surface area (Å²) in [5, 5.41) is 3.33. The van der Waals surface area contributed by atoms with Gasteiger partial charge in [0.25, 0.3) is 0 Å². The zero-order valence-electron chi connectivity index (χ0n) is 16.9. The number of amides is 1. The molecule has 2 fully saturated rings. The second-order valence-corrected chi connectivity index (χ2v) is 8.39. The summed E-state index contributed by atoms with van der Waals surface area (Å²) in [7, 11) is 3.88. The molecule has 1 saturated heterocycles. The molecule has 0 bridgehead atoms. The fourth-order valence-corrected chi connectivity index (χ4v) is 3.88. The highest BCUT2D eigenvalue weighted by Crippen LogP contribution is 2.32. The molecule has 1 aliphatic heterocycles. The normalized spacial score (nSPS) is 22.2. The standard InChI is InChI=1S/C22H29N5O/c1-15-4-6-17(7-5-15)19-13-27(14-20(19)25-21(28)18-8-9-18)12-16-10-23-22(24-11-16)26(2)3/h4-7,10-11,18-20H,8-9,12-14H2,1-3H3,(H,25,28)/t19-,20+/m1/s1. The molecular weight excluding hydrogens is 350 g/mol. The Kier molecular flexibility index (Phi) is 5.31. The van der Waals surface area contributed by atoms with E-state index >= 15 is 0 Å². The van der Waals surface area contributed by atoms with Crippen LogP contribution in [0.4, 0.5) is 5.95 Å². The second kappa shape index (κ2) is 7.87. The summed E-state index contributed by atoms with van der Waals surface area (Å²) >= 11 is 0. The molecule has 4 rings (SSSR count). The summed E-state index contributed by atoms with van der Waals surface area (Å²) < 4.78 is 0. The Morgan fingerprint density at radius 1 is 1.14 bits per heavy atom. The number of rotatable bonds is 6. The lowest BCUT2D eigenvalue weighted by molar-refractivity contribution is -0.123. The molecular formula is C22H29N5O. The van der Waals surface area contributed by atoms with Gasteiger partial charge < -0.3 is 10.2 Å². The monoisotopic (exact) mass is 379 g/mol. The molecule has 28 heavy (non-hydrogen) atoms. The molecule has 1 aromatic heterocycles. The van der Waals surface area contributed by atoms with E-state index in [2.05, 4.69) is 51.4 Å². The maximum absolute atomic E-state index is 12.4. The van der Waals surface area contributed by atoms with Crippen molar-refractivity contribution in [2.24, 2.45) is 5.92 Å². The number of nitrogens with one attached hydrogen (secondary N) is 1. The van der Waals surface area contributed by atoms with E-state index in [1.54, 1.807) is 0 Å². The van der Waals surface area contributed by atoms with Gasteiger partial charge in [-0.15, -0.1) is 0 Å². The predicted octanol–water partition coefficient (Wildman–Crippen LogP) is 2.35. The molecule has 1 amide bonds. The molecule has 0 radical (unpaired) electrons. The molecule has 1 N–H and O–H groups in total. The van der Waals surface area contributed by atoms with Crippen molar-refractivity contribution >= 4 is 11.9 Å². The molecule has 2 heterocycles. The van der Waals surface area contributed by atoms with Gasteiger partial charge in [-0.3, -0.25) is 9.69 Å². The van der Waals surface area contributed by atoms with E-state index in [4.69, 9.17) is 0 Å². The van der Waals surface area contributed by atoms with Gasteiger partial charge >= 0.3 is 0 Å². The summed E-state index contributed by atoms with van der Waals surface area (Å²) in [6.45, 7) is 4.68. The minimum absolute atomic E-state index is 0.151. The van der Waals surface area contributed by atoms with Gasteiger partial charge in [0.1, 0.15) is 0 Å². The van der Waals surface area contributed by atoms with E-state index in [0.29, 0.717) is 5.92 Å². The van der Waals surface area contributed by atoms with Gasteiger partial charge in [0.2, 0.25) is 11.9 Å². The Labute approximate surface area is 167 Å². The number of anilines is 1. The SMILES string of the molecule is Cc1ccc([C@H]2CN(Cc3cnc(N(C)C)nc3)C[C@@H]2NC(=O)C2CC2)cc1. The molecule has 2 atom stereocenters. The van der Waals surface area contributed by atoms with E-state index in [0.717, 1.165) is 44.0 Å². The number of hydrogen-bond donors (Lipinski definition) is 1. The Balaban J connectivity index is 1.47. The minimum atomic E-state index is 0.151. The number of benzene rings is 1. The Morgan fingerprint density at radius 2 is 1.82 bits per heavy atom. The average molecular weight is 380 g/mol. The highest BCUT2D eigenvalue weighted by molar-refractivity contribution is 5.81. The van der Waals surface area contributed by atoms with E-state index in [1.807, 2.05) is 31.4 Å². The highest BCUT2D eigenvalue weighted by atomic mass is 16.2. The molecule has 2 aliphatic rings. The number of carbonyl (C=O) groups is 1. The van der Waals surface area contributed by atoms with Crippen LogP contribution in [0.2, 0.25) is 0 Å². The molecule has 2 aromatic rings. The fraction of sp³-hybridized carbons (Fsp3) is 0.500. The summed E-state index contributed by atoms with van der Waals surface area (Å²) in [6, 6.07) is 8.87. The maximum atomic E-state index is 12.4. The quantitative estimate of drug-likeness (QED) is 0.835. The number of aryl methyl sites for hydroxylation is 1. The number of aromatic nitrogens is 2. The maximum Gasteiger partial charge on any atom is 0.224 e. The van der Waals surface area contributed by atoms with Crippen LogP contribution in [0.1, 0.15) is 35.4 Å². The molecule has 0 unspecified atom stereocenters. The third-order valence-corrected chi connectivity index (χ3v) is 5.67. The van der Waals surface area contributed by atoms with E-state index in [-0.39, 0.29) is 17.9 Å². The molecule has 1 aromatic carbocycles. The van der Waals surface area contributed by atoms with Crippen molar-refractivity contribution in [2.75, 3.05) is 32.1 Å². The average Bonchev–Trinajstić information content (AvgIpc) is 3.46. The van der Waals surface area contributed by atoms with Crippen LogP contribution in [0.15, 0.2) is 36.7 Å². The molecule has 148 valence electrons. The fourth-order valence-electron chi connectivity index (χ4n) is 3.88. The summed E-state index contributed by atoms with van der Waals surface area (Å²) in [6.07, 6.45) is 5.87. The third kappa shape index (κ3) is 4.33. The van der Waals surface area contributed by atoms with Crippen molar-refractivity contribution in [3.63, 3.8) is 0 Å². The lowest BCUT2D eigenvalue weighted by Crippen LogP contribution is -2.40. The van der Waals surface area contributed by atoms with Crippen molar-refractivity contribution in [1.82, 2.24) is 20.2 Å². The predicted molar refractivity (Wildman–Crippen MR) is 110 cm³/mol. The van der Waals surface area contributed by atoms with Gasteiger partial charge in [0.15, 0.2) is 0 Å². The van der Waals surface area contributed by atoms with Crippen molar-refractivity contribution in [3.8, 4) is 0 Å².